The number of benzene rings is 2. The molecule has 2 aromatic carbocycles. The number of fused-ring (bicyclic) bond motifs is 3. The van der Waals surface area contributed by atoms with Crippen LogP contribution >= 0.6 is 0 Å². The van der Waals surface area contributed by atoms with Gasteiger partial charge in [-0.1, -0.05) is 48.5 Å². The molecule has 0 saturated heterocycles. The highest BCUT2D eigenvalue weighted by atomic mass is 16.5. The van der Waals surface area contributed by atoms with Crippen LogP contribution in [0, 0.1) is 0 Å². The van der Waals surface area contributed by atoms with Crippen molar-refractivity contribution in [3.8, 4) is 11.1 Å². The Hall–Kier alpha value is -2.86. The highest BCUT2D eigenvalue weighted by Crippen LogP contribution is 2.44. The number of hydrogen-bond acceptors (Lipinski definition) is 4. The number of hydrogen-bond donors (Lipinski definition) is 2. The quantitative estimate of drug-likeness (QED) is 0.745. The lowest BCUT2D eigenvalue weighted by Gasteiger charge is -2.18. The van der Waals surface area contributed by atoms with E-state index in [0.717, 1.165) is 22.3 Å². The minimum absolute atomic E-state index is 0.0277. The van der Waals surface area contributed by atoms with Gasteiger partial charge in [0.15, 0.2) is 0 Å². The van der Waals surface area contributed by atoms with E-state index >= 15 is 0 Å². The SMILES string of the molecule is COCCC(CC(=O)O)NC(=O)OCC1c2ccccc2-c2ccccc21. The number of alkyl carbamates (subject to hydrolysis) is 1. The highest BCUT2D eigenvalue weighted by molar-refractivity contribution is 5.79. The molecule has 1 aliphatic rings. The van der Waals surface area contributed by atoms with E-state index < -0.39 is 18.1 Å². The van der Waals surface area contributed by atoms with Gasteiger partial charge in [0.25, 0.3) is 0 Å². The molecule has 2 N–H and O–H groups in total. The molecule has 0 heterocycles. The van der Waals surface area contributed by atoms with Crippen molar-refractivity contribution in [2.75, 3.05) is 20.3 Å². The maximum absolute atomic E-state index is 12.2. The number of carboxylic acids is 1. The number of carboxylic acid groups (broad SMARTS) is 1. The molecule has 1 unspecified atom stereocenters. The van der Waals surface area contributed by atoms with Crippen LogP contribution in [0.3, 0.4) is 0 Å². The number of rotatable bonds is 8. The van der Waals surface area contributed by atoms with Gasteiger partial charge in [-0.2, -0.15) is 0 Å². The minimum Gasteiger partial charge on any atom is -0.481 e. The molecule has 1 amide bonds. The van der Waals surface area contributed by atoms with Crippen molar-refractivity contribution in [2.24, 2.45) is 0 Å². The summed E-state index contributed by atoms with van der Waals surface area (Å²) in [5, 5.41) is 11.6. The first-order chi connectivity index (χ1) is 13.1. The van der Waals surface area contributed by atoms with Gasteiger partial charge in [0.1, 0.15) is 6.61 Å². The van der Waals surface area contributed by atoms with Crippen LogP contribution in [0.5, 0.6) is 0 Å². The van der Waals surface area contributed by atoms with Crippen molar-refractivity contribution in [1.82, 2.24) is 5.32 Å². The summed E-state index contributed by atoms with van der Waals surface area (Å²) in [5.41, 5.74) is 4.58. The average molecular weight is 369 g/mol. The van der Waals surface area contributed by atoms with Crippen LogP contribution < -0.4 is 5.32 Å². The Kier molecular flexibility index (Phi) is 6.08. The maximum atomic E-state index is 12.2. The van der Waals surface area contributed by atoms with Crippen molar-refractivity contribution < 1.29 is 24.2 Å². The number of amides is 1. The fourth-order valence-corrected chi connectivity index (χ4v) is 3.50. The van der Waals surface area contributed by atoms with Gasteiger partial charge in [-0.25, -0.2) is 4.79 Å². The zero-order chi connectivity index (χ0) is 19.2. The van der Waals surface area contributed by atoms with Crippen molar-refractivity contribution in [3.63, 3.8) is 0 Å². The Morgan fingerprint density at radius 2 is 1.67 bits per heavy atom. The van der Waals surface area contributed by atoms with E-state index in [4.69, 9.17) is 14.6 Å². The van der Waals surface area contributed by atoms with Gasteiger partial charge in [0.2, 0.25) is 0 Å². The van der Waals surface area contributed by atoms with E-state index in [2.05, 4.69) is 17.4 Å². The first kappa shape index (κ1) is 18.9. The van der Waals surface area contributed by atoms with Crippen LogP contribution in [0.1, 0.15) is 29.9 Å². The van der Waals surface area contributed by atoms with Crippen molar-refractivity contribution in [3.05, 3.63) is 59.7 Å². The normalized spacial score (nSPS) is 13.5. The molecule has 6 heteroatoms. The number of carbonyl (C=O) groups excluding carboxylic acids is 1. The molecule has 1 atom stereocenters. The number of aliphatic carboxylic acids is 1. The molecule has 2 aromatic rings. The Morgan fingerprint density at radius 1 is 1.07 bits per heavy atom. The van der Waals surface area contributed by atoms with Crippen molar-refractivity contribution >= 4 is 12.1 Å². The van der Waals surface area contributed by atoms with E-state index in [1.807, 2.05) is 36.4 Å². The van der Waals surface area contributed by atoms with Crippen LogP contribution in [0.15, 0.2) is 48.5 Å². The third-order valence-corrected chi connectivity index (χ3v) is 4.76. The van der Waals surface area contributed by atoms with Crippen LogP contribution in [-0.2, 0) is 14.3 Å². The molecule has 0 saturated carbocycles. The lowest BCUT2D eigenvalue weighted by atomic mass is 9.98. The minimum atomic E-state index is -0.977. The molecular weight excluding hydrogens is 346 g/mol. The molecule has 0 aromatic heterocycles. The Labute approximate surface area is 158 Å². The fraction of sp³-hybridized carbons (Fsp3) is 0.333. The molecule has 142 valence electrons. The molecule has 0 fully saturated rings. The summed E-state index contributed by atoms with van der Waals surface area (Å²) < 4.78 is 10.4. The molecule has 0 bridgehead atoms. The third kappa shape index (κ3) is 4.46. The van der Waals surface area contributed by atoms with Crippen LogP contribution in [-0.4, -0.2) is 43.5 Å². The van der Waals surface area contributed by atoms with Gasteiger partial charge in [0.05, 0.1) is 6.42 Å². The van der Waals surface area contributed by atoms with Crippen LogP contribution in [0.4, 0.5) is 4.79 Å². The van der Waals surface area contributed by atoms with Crippen molar-refractivity contribution in [2.45, 2.75) is 24.8 Å². The Bertz CT molecular complexity index is 774. The lowest BCUT2D eigenvalue weighted by Crippen LogP contribution is -2.38. The molecule has 6 nitrogen and oxygen atoms in total. The summed E-state index contributed by atoms with van der Waals surface area (Å²) >= 11 is 0. The first-order valence-corrected chi connectivity index (χ1v) is 8.92. The molecular formula is C21H23NO5. The van der Waals surface area contributed by atoms with Crippen LogP contribution in [0.25, 0.3) is 11.1 Å². The van der Waals surface area contributed by atoms with E-state index in [1.165, 1.54) is 7.11 Å². The van der Waals surface area contributed by atoms with Gasteiger partial charge in [-0.05, 0) is 28.7 Å². The molecule has 3 rings (SSSR count). The number of nitrogens with one attached hydrogen (secondary N) is 1. The largest absolute Gasteiger partial charge is 0.481 e. The summed E-state index contributed by atoms with van der Waals surface area (Å²) in [6.07, 6.45) is -0.375. The van der Waals surface area contributed by atoms with E-state index in [-0.39, 0.29) is 18.9 Å². The Balaban J connectivity index is 1.65. The molecule has 0 spiro atoms. The number of carbonyl (C=O) groups is 2. The first-order valence-electron chi connectivity index (χ1n) is 8.92. The zero-order valence-corrected chi connectivity index (χ0v) is 15.2. The average Bonchev–Trinajstić information content (AvgIpc) is 2.98. The molecule has 27 heavy (non-hydrogen) atoms. The van der Waals surface area contributed by atoms with E-state index in [0.29, 0.717) is 13.0 Å². The number of ether oxygens (including phenoxy) is 2. The van der Waals surface area contributed by atoms with E-state index in [1.54, 1.807) is 0 Å². The maximum Gasteiger partial charge on any atom is 0.407 e. The van der Waals surface area contributed by atoms with Gasteiger partial charge in [-0.15, -0.1) is 0 Å². The number of methoxy groups -OCH3 is 1. The van der Waals surface area contributed by atoms with Crippen molar-refractivity contribution in [1.29, 1.82) is 0 Å². The summed E-state index contributed by atoms with van der Waals surface area (Å²) in [5.74, 6) is -1.00. The smallest absolute Gasteiger partial charge is 0.407 e. The van der Waals surface area contributed by atoms with E-state index in [9.17, 15) is 9.59 Å². The predicted molar refractivity (Wildman–Crippen MR) is 101 cm³/mol. The standard InChI is InChI=1S/C21H23NO5/c1-26-11-10-14(12-20(23)24)22-21(25)27-13-19-17-8-4-2-6-15(17)16-7-3-5-9-18(16)19/h2-9,14,19H,10-13H2,1H3,(H,22,25)(H,23,24). The molecule has 1 aliphatic carbocycles. The van der Waals surface area contributed by atoms with Gasteiger partial charge in [-0.3, -0.25) is 4.79 Å². The monoisotopic (exact) mass is 369 g/mol. The van der Waals surface area contributed by atoms with Gasteiger partial charge in [0, 0.05) is 25.7 Å². The summed E-state index contributed by atoms with van der Waals surface area (Å²) in [6.45, 7) is 0.561. The summed E-state index contributed by atoms with van der Waals surface area (Å²) in [6, 6.07) is 15.7. The second-order valence-corrected chi connectivity index (χ2v) is 6.55. The molecule has 0 aliphatic heterocycles. The predicted octanol–water partition coefficient (Wildman–Crippen LogP) is 3.40. The summed E-state index contributed by atoms with van der Waals surface area (Å²) in [7, 11) is 1.53. The Morgan fingerprint density at radius 3 is 2.22 bits per heavy atom. The molecule has 0 radical (unpaired) electrons. The zero-order valence-electron chi connectivity index (χ0n) is 15.2. The van der Waals surface area contributed by atoms with Gasteiger partial charge >= 0.3 is 12.1 Å². The second-order valence-electron chi connectivity index (χ2n) is 6.55. The van der Waals surface area contributed by atoms with Gasteiger partial charge < -0.3 is 19.9 Å². The van der Waals surface area contributed by atoms with Crippen LogP contribution in [0.2, 0.25) is 0 Å². The fourth-order valence-electron chi connectivity index (χ4n) is 3.50. The third-order valence-electron chi connectivity index (χ3n) is 4.76. The summed E-state index contributed by atoms with van der Waals surface area (Å²) in [4.78, 5) is 23.2. The second kappa shape index (κ2) is 8.68. The lowest BCUT2D eigenvalue weighted by molar-refractivity contribution is -0.137. The highest BCUT2D eigenvalue weighted by Gasteiger charge is 2.29. The topological polar surface area (TPSA) is 84.9 Å².